The van der Waals surface area contributed by atoms with Gasteiger partial charge < -0.3 is 0 Å². The summed E-state index contributed by atoms with van der Waals surface area (Å²) in [5.74, 6) is 0.317. The number of carbonyl (C=O) groups is 1. The van der Waals surface area contributed by atoms with Crippen molar-refractivity contribution in [2.24, 2.45) is 0 Å². The van der Waals surface area contributed by atoms with Crippen LogP contribution in [0.25, 0.3) is 6.08 Å². The van der Waals surface area contributed by atoms with E-state index in [1.54, 1.807) is 0 Å². The lowest BCUT2D eigenvalue weighted by atomic mass is 9.79. The minimum Gasteiger partial charge on any atom is -0.292 e. The van der Waals surface area contributed by atoms with Gasteiger partial charge in [-0.1, -0.05) is 91.0 Å². The van der Waals surface area contributed by atoms with E-state index in [1.165, 1.54) is 11.1 Å². The molecular weight excluding hydrogens is 354 g/mol. The summed E-state index contributed by atoms with van der Waals surface area (Å²) in [6.45, 7) is 0.810. The first-order chi connectivity index (χ1) is 14.3. The number of hydrogen-bond donors (Lipinski definition) is 0. The topological polar surface area (TPSA) is 20.1 Å². The van der Waals surface area contributed by atoms with Crippen molar-refractivity contribution in [3.05, 3.63) is 113 Å². The van der Waals surface area contributed by atoms with Crippen LogP contribution in [-0.2, 0) is 11.3 Å². The third-order valence-corrected chi connectivity index (χ3v) is 6.35. The summed E-state index contributed by atoms with van der Waals surface area (Å²) >= 11 is 0. The van der Waals surface area contributed by atoms with Gasteiger partial charge in [0.1, 0.15) is 5.54 Å². The summed E-state index contributed by atoms with van der Waals surface area (Å²) in [6.07, 6.45) is 4.96. The van der Waals surface area contributed by atoms with Crippen LogP contribution in [0.5, 0.6) is 0 Å². The Morgan fingerprint density at radius 3 is 2.17 bits per heavy atom. The SMILES string of the molecule is O=C1C(=Cc2ccccc2)CCCC12C(c1ccccc1)N2Cc1ccccc1. The predicted octanol–water partition coefficient (Wildman–Crippen LogP) is 5.82. The van der Waals surface area contributed by atoms with Crippen LogP contribution in [-0.4, -0.2) is 16.2 Å². The lowest BCUT2D eigenvalue weighted by molar-refractivity contribution is -0.120. The monoisotopic (exact) mass is 379 g/mol. The summed E-state index contributed by atoms with van der Waals surface area (Å²) in [4.78, 5) is 16.2. The van der Waals surface area contributed by atoms with Crippen LogP contribution in [0.3, 0.4) is 0 Å². The molecule has 0 N–H and O–H groups in total. The fraction of sp³-hybridized carbons (Fsp3) is 0.222. The third-order valence-electron chi connectivity index (χ3n) is 6.35. The van der Waals surface area contributed by atoms with Gasteiger partial charge in [-0.05, 0) is 47.6 Å². The molecule has 0 bridgehead atoms. The van der Waals surface area contributed by atoms with Gasteiger partial charge in [0.25, 0.3) is 0 Å². The highest BCUT2D eigenvalue weighted by Gasteiger charge is 2.68. The van der Waals surface area contributed by atoms with Gasteiger partial charge in [0.2, 0.25) is 0 Å². The molecule has 3 unspecified atom stereocenters. The van der Waals surface area contributed by atoms with E-state index >= 15 is 0 Å². The van der Waals surface area contributed by atoms with Crippen LogP contribution in [0.15, 0.2) is 96.6 Å². The Labute approximate surface area is 172 Å². The molecule has 2 heteroatoms. The molecule has 3 atom stereocenters. The molecule has 1 aliphatic carbocycles. The van der Waals surface area contributed by atoms with Crippen LogP contribution >= 0.6 is 0 Å². The van der Waals surface area contributed by atoms with E-state index in [1.807, 2.05) is 30.3 Å². The molecule has 5 rings (SSSR count). The van der Waals surface area contributed by atoms with Gasteiger partial charge in [0.15, 0.2) is 5.78 Å². The number of nitrogens with zero attached hydrogens (tertiary/aromatic N) is 1. The number of hydrogen-bond acceptors (Lipinski definition) is 2. The first-order valence-corrected chi connectivity index (χ1v) is 10.4. The van der Waals surface area contributed by atoms with Crippen molar-refractivity contribution in [3.63, 3.8) is 0 Å². The second-order valence-electron chi connectivity index (χ2n) is 8.11. The van der Waals surface area contributed by atoms with Crippen LogP contribution in [0.4, 0.5) is 0 Å². The molecule has 1 saturated heterocycles. The third kappa shape index (κ3) is 3.24. The van der Waals surface area contributed by atoms with Crippen LogP contribution in [0.1, 0.15) is 42.0 Å². The normalized spacial score (nSPS) is 27.3. The van der Waals surface area contributed by atoms with Gasteiger partial charge in [-0.2, -0.15) is 0 Å². The number of ketones is 1. The molecule has 1 saturated carbocycles. The summed E-state index contributed by atoms with van der Waals surface area (Å²) in [7, 11) is 0. The highest BCUT2D eigenvalue weighted by Crippen LogP contribution is 2.60. The van der Waals surface area contributed by atoms with Gasteiger partial charge in [-0.15, -0.1) is 0 Å². The maximum Gasteiger partial charge on any atom is 0.181 e. The Morgan fingerprint density at radius 2 is 1.48 bits per heavy atom. The number of carbonyl (C=O) groups excluding carboxylic acids is 1. The molecule has 0 aromatic heterocycles. The fourth-order valence-electron chi connectivity index (χ4n) is 4.97. The van der Waals surface area contributed by atoms with Crippen molar-refractivity contribution >= 4 is 11.9 Å². The van der Waals surface area contributed by atoms with Gasteiger partial charge in [-0.3, -0.25) is 9.69 Å². The first-order valence-electron chi connectivity index (χ1n) is 10.4. The van der Waals surface area contributed by atoms with Gasteiger partial charge in [-0.25, -0.2) is 0 Å². The zero-order valence-electron chi connectivity index (χ0n) is 16.5. The number of Topliss-reactive ketones (excluding diaryl/α,β-unsaturated/α-hetero) is 1. The van der Waals surface area contributed by atoms with Gasteiger partial charge in [0.05, 0.1) is 6.04 Å². The molecule has 0 radical (unpaired) electrons. The van der Waals surface area contributed by atoms with Crippen LogP contribution in [0.2, 0.25) is 0 Å². The number of rotatable bonds is 4. The molecule has 1 heterocycles. The maximum absolute atomic E-state index is 13.8. The Morgan fingerprint density at radius 1 is 0.862 bits per heavy atom. The highest BCUT2D eigenvalue weighted by molar-refractivity contribution is 6.09. The molecule has 0 amide bonds. The van der Waals surface area contributed by atoms with E-state index in [4.69, 9.17) is 0 Å². The summed E-state index contributed by atoms with van der Waals surface area (Å²) in [5, 5.41) is 0. The lowest BCUT2D eigenvalue weighted by Gasteiger charge is -2.24. The quantitative estimate of drug-likeness (QED) is 0.420. The van der Waals surface area contributed by atoms with E-state index in [0.29, 0.717) is 5.78 Å². The predicted molar refractivity (Wildman–Crippen MR) is 117 cm³/mol. The van der Waals surface area contributed by atoms with Crippen molar-refractivity contribution in [2.75, 3.05) is 0 Å². The second kappa shape index (κ2) is 7.46. The lowest BCUT2D eigenvalue weighted by Crippen LogP contribution is -2.34. The molecule has 1 spiro atoms. The molecule has 29 heavy (non-hydrogen) atoms. The molecule has 3 aromatic carbocycles. The molecular formula is C27H25NO. The average Bonchev–Trinajstić information content (AvgIpc) is 3.40. The Balaban J connectivity index is 1.51. The van der Waals surface area contributed by atoms with E-state index < -0.39 is 5.54 Å². The molecule has 3 aromatic rings. The van der Waals surface area contributed by atoms with Crippen molar-refractivity contribution in [2.45, 2.75) is 37.4 Å². The maximum atomic E-state index is 13.8. The van der Waals surface area contributed by atoms with Gasteiger partial charge >= 0.3 is 0 Å². The Hall–Kier alpha value is -2.97. The van der Waals surface area contributed by atoms with Gasteiger partial charge in [0, 0.05) is 6.54 Å². The average molecular weight is 380 g/mol. The summed E-state index contributed by atoms with van der Waals surface area (Å²) in [5.41, 5.74) is 4.20. The van der Waals surface area contributed by atoms with Crippen LogP contribution < -0.4 is 0 Å². The molecule has 2 aliphatic rings. The molecule has 2 nitrogen and oxygen atoms in total. The minimum atomic E-state index is -0.393. The standard InChI is InChI=1S/C27H25NO/c29-26-24(19-21-11-4-1-5-12-21)17-10-18-27(26)25(23-15-8-3-9-16-23)28(27)20-22-13-6-2-7-14-22/h1-9,11-16,19,25H,10,17-18,20H2. The number of benzene rings is 3. The molecule has 144 valence electrons. The van der Waals surface area contributed by atoms with E-state index in [0.717, 1.165) is 36.9 Å². The van der Waals surface area contributed by atoms with Crippen LogP contribution in [0, 0.1) is 0 Å². The van der Waals surface area contributed by atoms with E-state index in [-0.39, 0.29) is 6.04 Å². The second-order valence-corrected chi connectivity index (χ2v) is 8.11. The van der Waals surface area contributed by atoms with Crippen molar-refractivity contribution in [1.29, 1.82) is 0 Å². The Kier molecular flexibility index (Phi) is 4.65. The van der Waals surface area contributed by atoms with Crippen molar-refractivity contribution in [3.8, 4) is 0 Å². The first kappa shape index (κ1) is 18.1. The summed E-state index contributed by atoms with van der Waals surface area (Å²) < 4.78 is 0. The zero-order valence-corrected chi connectivity index (χ0v) is 16.5. The minimum absolute atomic E-state index is 0.163. The molecule has 2 fully saturated rings. The smallest absolute Gasteiger partial charge is 0.181 e. The van der Waals surface area contributed by atoms with Crippen molar-refractivity contribution < 1.29 is 4.79 Å². The summed E-state index contributed by atoms with van der Waals surface area (Å²) in [6, 6.07) is 31.4. The highest BCUT2D eigenvalue weighted by atomic mass is 16.1. The Bertz CT molecular complexity index is 1030. The largest absolute Gasteiger partial charge is 0.292 e. The van der Waals surface area contributed by atoms with E-state index in [2.05, 4.69) is 71.6 Å². The van der Waals surface area contributed by atoms with E-state index in [9.17, 15) is 4.79 Å². The fourth-order valence-corrected chi connectivity index (χ4v) is 4.97. The van der Waals surface area contributed by atoms with Crippen molar-refractivity contribution in [1.82, 2.24) is 4.90 Å². The zero-order chi connectivity index (χ0) is 19.7. The molecule has 1 aliphatic heterocycles.